The summed E-state index contributed by atoms with van der Waals surface area (Å²) in [5, 5.41) is 2.79. The fraction of sp³-hybridized carbons (Fsp3) is 0.261. The van der Waals surface area contributed by atoms with Gasteiger partial charge in [-0.25, -0.2) is 0 Å². The molecule has 148 valence electrons. The summed E-state index contributed by atoms with van der Waals surface area (Å²) in [6.07, 6.45) is 5.19. The van der Waals surface area contributed by atoms with Crippen molar-refractivity contribution in [1.82, 2.24) is 4.90 Å². The Morgan fingerprint density at radius 2 is 1.48 bits per heavy atom. The molecule has 1 fully saturated rings. The number of para-hydroxylation sites is 1. The third kappa shape index (κ3) is 4.21. The number of ether oxygens (including phenoxy) is 1. The third-order valence-electron chi connectivity index (χ3n) is 5.28. The van der Waals surface area contributed by atoms with Gasteiger partial charge in [0.25, 0.3) is 0 Å². The fourth-order valence-electron chi connectivity index (χ4n) is 3.76. The summed E-state index contributed by atoms with van der Waals surface area (Å²) in [7, 11) is 0. The molecule has 2 aromatic carbocycles. The summed E-state index contributed by atoms with van der Waals surface area (Å²) in [5.41, 5.74) is 0.632. The number of rotatable bonds is 6. The monoisotopic (exact) mass is 390 g/mol. The molecule has 2 aliphatic rings. The van der Waals surface area contributed by atoms with E-state index in [2.05, 4.69) is 5.32 Å². The van der Waals surface area contributed by atoms with Crippen LogP contribution in [0.2, 0.25) is 0 Å². The molecule has 0 saturated carbocycles. The Bertz CT molecular complexity index is 911. The van der Waals surface area contributed by atoms with E-state index < -0.39 is 0 Å². The van der Waals surface area contributed by atoms with Crippen LogP contribution >= 0.6 is 0 Å². The van der Waals surface area contributed by atoms with Gasteiger partial charge < -0.3 is 10.1 Å². The van der Waals surface area contributed by atoms with Crippen LogP contribution in [-0.4, -0.2) is 29.2 Å². The highest BCUT2D eigenvalue weighted by Crippen LogP contribution is 2.35. The third-order valence-corrected chi connectivity index (χ3v) is 5.28. The number of allylic oxidation sites excluding steroid dienone is 2. The van der Waals surface area contributed by atoms with Gasteiger partial charge in [-0.3, -0.25) is 19.3 Å². The van der Waals surface area contributed by atoms with Gasteiger partial charge in [-0.05, 0) is 49.2 Å². The predicted molar refractivity (Wildman–Crippen MR) is 108 cm³/mol. The van der Waals surface area contributed by atoms with Crippen LogP contribution in [0.3, 0.4) is 0 Å². The fourth-order valence-corrected chi connectivity index (χ4v) is 3.76. The average Bonchev–Trinajstić information content (AvgIpc) is 2.99. The average molecular weight is 390 g/mol. The molecule has 2 aromatic rings. The van der Waals surface area contributed by atoms with Crippen molar-refractivity contribution < 1.29 is 19.1 Å². The van der Waals surface area contributed by atoms with Crippen LogP contribution < -0.4 is 10.1 Å². The molecular weight excluding hydrogens is 368 g/mol. The lowest BCUT2D eigenvalue weighted by Gasteiger charge is -2.14. The van der Waals surface area contributed by atoms with Crippen LogP contribution in [0, 0.1) is 11.8 Å². The van der Waals surface area contributed by atoms with Gasteiger partial charge in [0.05, 0.1) is 11.8 Å². The minimum Gasteiger partial charge on any atom is -0.457 e. The van der Waals surface area contributed by atoms with E-state index in [9.17, 15) is 14.4 Å². The Morgan fingerprint density at radius 3 is 2.10 bits per heavy atom. The van der Waals surface area contributed by atoms with E-state index in [1.807, 2.05) is 42.5 Å². The molecule has 1 N–H and O–H groups in total. The molecule has 1 aliphatic heterocycles. The number of fused-ring (bicyclic) bond motifs is 1. The van der Waals surface area contributed by atoms with Gasteiger partial charge in [0.1, 0.15) is 11.5 Å². The molecule has 29 heavy (non-hydrogen) atoms. The number of carbonyl (C=O) groups is 3. The summed E-state index contributed by atoms with van der Waals surface area (Å²) >= 11 is 0. The first-order chi connectivity index (χ1) is 14.1. The Labute approximate surface area is 169 Å². The van der Waals surface area contributed by atoms with Crippen molar-refractivity contribution in [3.63, 3.8) is 0 Å². The highest BCUT2D eigenvalue weighted by Gasteiger charge is 2.46. The lowest BCUT2D eigenvalue weighted by molar-refractivity contribution is -0.140. The van der Waals surface area contributed by atoms with Crippen LogP contribution in [-0.2, 0) is 14.4 Å². The van der Waals surface area contributed by atoms with Gasteiger partial charge in [0, 0.05) is 18.7 Å². The molecule has 4 rings (SSSR count). The number of nitrogens with one attached hydrogen (secondary N) is 1. The molecule has 1 saturated heterocycles. The number of amides is 3. The number of nitrogens with zero attached hydrogens (tertiary/aromatic N) is 1. The van der Waals surface area contributed by atoms with Crippen LogP contribution in [0.1, 0.15) is 19.3 Å². The van der Waals surface area contributed by atoms with E-state index in [0.29, 0.717) is 24.3 Å². The second kappa shape index (κ2) is 8.31. The molecule has 1 heterocycles. The Morgan fingerprint density at radius 1 is 0.897 bits per heavy atom. The molecule has 1 aliphatic carbocycles. The summed E-state index contributed by atoms with van der Waals surface area (Å²) < 4.78 is 5.72. The number of anilines is 1. The first-order valence-electron chi connectivity index (χ1n) is 9.75. The summed E-state index contributed by atoms with van der Waals surface area (Å²) in [6.45, 7) is 0.117. The van der Waals surface area contributed by atoms with Gasteiger partial charge in [-0.2, -0.15) is 0 Å². The second-order valence-electron chi connectivity index (χ2n) is 7.22. The quantitative estimate of drug-likeness (QED) is 0.602. The topological polar surface area (TPSA) is 75.7 Å². The molecule has 2 atom stereocenters. The van der Waals surface area contributed by atoms with Crippen molar-refractivity contribution in [1.29, 1.82) is 0 Å². The maximum Gasteiger partial charge on any atom is 0.233 e. The Hall–Kier alpha value is -3.41. The normalized spacial score (nSPS) is 20.5. The SMILES string of the molecule is O=C(CCN1C(=O)C2CC=CCC2C1=O)Nc1ccc(Oc2ccccc2)cc1. The first-order valence-corrected chi connectivity index (χ1v) is 9.75. The minimum atomic E-state index is -0.257. The molecule has 2 unspecified atom stereocenters. The Balaban J connectivity index is 1.29. The van der Waals surface area contributed by atoms with E-state index in [4.69, 9.17) is 4.74 Å². The summed E-state index contributed by atoms with van der Waals surface area (Å²) in [6, 6.07) is 16.5. The van der Waals surface area contributed by atoms with Gasteiger partial charge in [0.15, 0.2) is 0 Å². The van der Waals surface area contributed by atoms with Gasteiger partial charge in [-0.1, -0.05) is 30.4 Å². The number of carbonyl (C=O) groups excluding carboxylic acids is 3. The second-order valence-corrected chi connectivity index (χ2v) is 7.22. The summed E-state index contributed by atoms with van der Waals surface area (Å²) in [5.74, 6) is 0.341. The maximum atomic E-state index is 12.4. The molecule has 6 heteroatoms. The van der Waals surface area contributed by atoms with Crippen molar-refractivity contribution in [2.45, 2.75) is 19.3 Å². The number of benzene rings is 2. The highest BCUT2D eigenvalue weighted by atomic mass is 16.5. The van der Waals surface area contributed by atoms with E-state index in [1.165, 1.54) is 4.90 Å². The molecule has 0 spiro atoms. The maximum absolute atomic E-state index is 12.4. The van der Waals surface area contributed by atoms with Crippen LogP contribution in [0.5, 0.6) is 11.5 Å². The van der Waals surface area contributed by atoms with Gasteiger partial charge in [-0.15, -0.1) is 0 Å². The van der Waals surface area contributed by atoms with Crippen molar-refractivity contribution in [2.75, 3.05) is 11.9 Å². The number of imide groups is 1. The number of likely N-dealkylation sites (tertiary alicyclic amines) is 1. The van der Waals surface area contributed by atoms with Crippen LogP contribution in [0.4, 0.5) is 5.69 Å². The zero-order valence-electron chi connectivity index (χ0n) is 15.9. The Kier molecular flexibility index (Phi) is 5.42. The van der Waals surface area contributed by atoms with E-state index >= 15 is 0 Å². The standard InChI is InChI=1S/C23H22N2O4/c26-21(14-15-25-22(27)19-8-4-5-9-20(19)23(25)28)24-16-10-12-18(13-11-16)29-17-6-2-1-3-7-17/h1-7,10-13,19-20H,8-9,14-15H2,(H,24,26). The molecule has 0 radical (unpaired) electrons. The summed E-state index contributed by atoms with van der Waals surface area (Å²) in [4.78, 5) is 38.4. The van der Waals surface area contributed by atoms with Crippen LogP contribution in [0.25, 0.3) is 0 Å². The lowest BCUT2D eigenvalue weighted by atomic mass is 9.85. The van der Waals surface area contributed by atoms with Crippen molar-refractivity contribution in [2.24, 2.45) is 11.8 Å². The van der Waals surface area contributed by atoms with Gasteiger partial charge >= 0.3 is 0 Å². The predicted octanol–water partition coefficient (Wildman–Crippen LogP) is 3.76. The van der Waals surface area contributed by atoms with Crippen molar-refractivity contribution in [3.05, 3.63) is 66.7 Å². The number of hydrogen-bond donors (Lipinski definition) is 1. The molecule has 3 amide bonds. The number of hydrogen-bond acceptors (Lipinski definition) is 4. The molecule has 0 bridgehead atoms. The zero-order chi connectivity index (χ0) is 20.2. The largest absolute Gasteiger partial charge is 0.457 e. The first kappa shape index (κ1) is 18.9. The van der Waals surface area contributed by atoms with E-state index in [-0.39, 0.29) is 42.5 Å². The molecule has 0 aromatic heterocycles. The van der Waals surface area contributed by atoms with Crippen molar-refractivity contribution >= 4 is 23.4 Å². The highest BCUT2D eigenvalue weighted by molar-refractivity contribution is 6.05. The smallest absolute Gasteiger partial charge is 0.233 e. The molecular formula is C23H22N2O4. The molecule has 6 nitrogen and oxygen atoms in total. The van der Waals surface area contributed by atoms with E-state index in [0.717, 1.165) is 5.75 Å². The van der Waals surface area contributed by atoms with Crippen LogP contribution in [0.15, 0.2) is 66.7 Å². The van der Waals surface area contributed by atoms with Crippen molar-refractivity contribution in [3.8, 4) is 11.5 Å². The van der Waals surface area contributed by atoms with Gasteiger partial charge in [0.2, 0.25) is 17.7 Å². The minimum absolute atomic E-state index is 0.0760. The lowest BCUT2D eigenvalue weighted by Crippen LogP contribution is -2.34. The van der Waals surface area contributed by atoms with E-state index in [1.54, 1.807) is 24.3 Å². The zero-order valence-corrected chi connectivity index (χ0v) is 15.9.